The second-order valence-electron chi connectivity index (χ2n) is 7.26. The molecule has 3 heterocycles. The van der Waals surface area contributed by atoms with Crippen LogP contribution in [0, 0.1) is 5.92 Å². The molecule has 1 aliphatic carbocycles. The monoisotopic (exact) mass is 326 g/mol. The number of nitrogens with zero attached hydrogens (tertiary/aromatic N) is 4. The minimum Gasteiger partial charge on any atom is -0.339 e. The summed E-state index contributed by atoms with van der Waals surface area (Å²) in [5, 5.41) is 4.16. The van der Waals surface area contributed by atoms with Crippen LogP contribution in [-0.2, 0) is 19.4 Å². The molecule has 0 spiro atoms. The SMILES string of the molecule is CCc1ccc(CN2CCC(Cc3noc(C4CC4)n3)CC2)nc1. The maximum absolute atomic E-state index is 5.37. The molecule has 1 aliphatic heterocycles. The van der Waals surface area contributed by atoms with Crippen LogP contribution in [0.2, 0.25) is 0 Å². The summed E-state index contributed by atoms with van der Waals surface area (Å²) in [6.07, 6.45) is 8.88. The highest BCUT2D eigenvalue weighted by atomic mass is 16.5. The zero-order valence-electron chi connectivity index (χ0n) is 14.4. The first-order valence-corrected chi connectivity index (χ1v) is 9.29. The van der Waals surface area contributed by atoms with E-state index in [0.717, 1.165) is 44.2 Å². The molecule has 2 aliphatic rings. The topological polar surface area (TPSA) is 55.1 Å². The first-order chi connectivity index (χ1) is 11.8. The molecule has 1 saturated heterocycles. The van der Waals surface area contributed by atoms with Crippen LogP contribution in [0.1, 0.15) is 61.5 Å². The van der Waals surface area contributed by atoms with E-state index in [0.29, 0.717) is 11.8 Å². The quantitative estimate of drug-likeness (QED) is 0.815. The standard InChI is InChI=1S/C19H26N4O/c1-2-14-3-6-17(20-12-14)13-23-9-7-15(8-10-23)11-18-21-19(24-22-18)16-4-5-16/h3,6,12,15-16H,2,4-5,7-11,13H2,1H3. The molecule has 5 heteroatoms. The lowest BCUT2D eigenvalue weighted by molar-refractivity contribution is 0.173. The Morgan fingerprint density at radius 3 is 2.67 bits per heavy atom. The molecule has 0 radical (unpaired) electrons. The number of hydrogen-bond donors (Lipinski definition) is 0. The van der Waals surface area contributed by atoms with Crippen molar-refractivity contribution in [3.63, 3.8) is 0 Å². The van der Waals surface area contributed by atoms with Gasteiger partial charge < -0.3 is 4.52 Å². The summed E-state index contributed by atoms with van der Waals surface area (Å²) in [5.41, 5.74) is 2.49. The van der Waals surface area contributed by atoms with E-state index >= 15 is 0 Å². The summed E-state index contributed by atoms with van der Waals surface area (Å²) < 4.78 is 5.37. The van der Waals surface area contributed by atoms with Crippen LogP contribution in [0.5, 0.6) is 0 Å². The average Bonchev–Trinajstić information content (AvgIpc) is 3.37. The van der Waals surface area contributed by atoms with Crippen LogP contribution < -0.4 is 0 Å². The van der Waals surface area contributed by atoms with Gasteiger partial charge in [-0.1, -0.05) is 18.1 Å². The Hall–Kier alpha value is -1.75. The van der Waals surface area contributed by atoms with Crippen molar-refractivity contribution in [3.8, 4) is 0 Å². The molecule has 0 unspecified atom stereocenters. The average molecular weight is 326 g/mol. The lowest BCUT2D eigenvalue weighted by Crippen LogP contribution is -2.34. The van der Waals surface area contributed by atoms with E-state index in [-0.39, 0.29) is 0 Å². The summed E-state index contributed by atoms with van der Waals surface area (Å²) >= 11 is 0. The lowest BCUT2D eigenvalue weighted by Gasteiger charge is -2.31. The Balaban J connectivity index is 1.24. The third kappa shape index (κ3) is 3.83. The van der Waals surface area contributed by atoms with E-state index < -0.39 is 0 Å². The van der Waals surface area contributed by atoms with Crippen LogP contribution in [0.4, 0.5) is 0 Å². The van der Waals surface area contributed by atoms with Crippen LogP contribution >= 0.6 is 0 Å². The van der Waals surface area contributed by atoms with Crippen molar-refractivity contribution in [2.75, 3.05) is 13.1 Å². The van der Waals surface area contributed by atoms with E-state index in [1.165, 1.54) is 36.9 Å². The highest BCUT2D eigenvalue weighted by molar-refractivity contribution is 5.14. The number of aryl methyl sites for hydroxylation is 1. The van der Waals surface area contributed by atoms with Gasteiger partial charge in [0.1, 0.15) is 0 Å². The number of hydrogen-bond acceptors (Lipinski definition) is 5. The third-order valence-electron chi connectivity index (χ3n) is 5.27. The van der Waals surface area contributed by atoms with Gasteiger partial charge in [-0.3, -0.25) is 9.88 Å². The van der Waals surface area contributed by atoms with E-state index in [9.17, 15) is 0 Å². The lowest BCUT2D eigenvalue weighted by atomic mass is 9.93. The summed E-state index contributed by atoms with van der Waals surface area (Å²) in [7, 11) is 0. The Morgan fingerprint density at radius 2 is 2.00 bits per heavy atom. The van der Waals surface area contributed by atoms with Gasteiger partial charge in [-0.2, -0.15) is 4.98 Å². The fraction of sp³-hybridized carbons (Fsp3) is 0.632. The Morgan fingerprint density at radius 1 is 1.17 bits per heavy atom. The van der Waals surface area contributed by atoms with Crippen molar-refractivity contribution in [3.05, 3.63) is 41.3 Å². The zero-order chi connectivity index (χ0) is 16.4. The van der Waals surface area contributed by atoms with Crippen molar-refractivity contribution in [2.45, 2.75) is 57.9 Å². The van der Waals surface area contributed by atoms with Crippen molar-refractivity contribution in [1.82, 2.24) is 20.0 Å². The molecule has 0 bridgehead atoms. The van der Waals surface area contributed by atoms with E-state index in [1.54, 1.807) is 0 Å². The molecule has 2 aromatic heterocycles. The smallest absolute Gasteiger partial charge is 0.229 e. The number of rotatable bonds is 6. The molecular formula is C19H26N4O. The zero-order valence-corrected chi connectivity index (χ0v) is 14.4. The summed E-state index contributed by atoms with van der Waals surface area (Å²) in [5.74, 6) is 3.01. The molecule has 0 atom stereocenters. The van der Waals surface area contributed by atoms with Crippen molar-refractivity contribution in [2.24, 2.45) is 5.92 Å². The number of likely N-dealkylation sites (tertiary alicyclic amines) is 1. The van der Waals surface area contributed by atoms with Gasteiger partial charge in [-0.25, -0.2) is 0 Å². The van der Waals surface area contributed by atoms with Crippen LogP contribution in [0.15, 0.2) is 22.9 Å². The van der Waals surface area contributed by atoms with Crippen molar-refractivity contribution < 1.29 is 4.52 Å². The largest absolute Gasteiger partial charge is 0.339 e. The molecule has 0 amide bonds. The number of pyridine rings is 1. The summed E-state index contributed by atoms with van der Waals surface area (Å²) in [4.78, 5) is 11.7. The van der Waals surface area contributed by atoms with E-state index in [1.807, 2.05) is 6.20 Å². The van der Waals surface area contributed by atoms with Gasteiger partial charge in [0.2, 0.25) is 5.89 Å². The Bertz CT molecular complexity index is 654. The van der Waals surface area contributed by atoms with Gasteiger partial charge in [0, 0.05) is 25.1 Å². The highest BCUT2D eigenvalue weighted by Gasteiger charge is 2.30. The van der Waals surface area contributed by atoms with Gasteiger partial charge in [0.05, 0.1) is 5.69 Å². The molecule has 0 aromatic carbocycles. The molecule has 128 valence electrons. The molecule has 1 saturated carbocycles. The maximum atomic E-state index is 5.37. The molecule has 2 aromatic rings. The molecule has 0 N–H and O–H groups in total. The molecule has 4 rings (SSSR count). The van der Waals surface area contributed by atoms with Crippen LogP contribution in [-0.4, -0.2) is 33.1 Å². The molecular weight excluding hydrogens is 300 g/mol. The van der Waals surface area contributed by atoms with Gasteiger partial charge >= 0.3 is 0 Å². The third-order valence-corrected chi connectivity index (χ3v) is 5.27. The highest BCUT2D eigenvalue weighted by Crippen LogP contribution is 2.39. The normalized spacial score (nSPS) is 19.7. The number of piperidine rings is 1. The van der Waals surface area contributed by atoms with E-state index in [4.69, 9.17) is 4.52 Å². The van der Waals surface area contributed by atoms with Gasteiger partial charge in [0.25, 0.3) is 0 Å². The predicted molar refractivity (Wildman–Crippen MR) is 91.6 cm³/mol. The minimum absolute atomic E-state index is 0.555. The van der Waals surface area contributed by atoms with Crippen LogP contribution in [0.25, 0.3) is 0 Å². The Labute approximate surface area is 143 Å². The van der Waals surface area contributed by atoms with Gasteiger partial charge in [-0.15, -0.1) is 0 Å². The first-order valence-electron chi connectivity index (χ1n) is 9.29. The fourth-order valence-corrected chi connectivity index (χ4v) is 3.44. The van der Waals surface area contributed by atoms with Gasteiger partial charge in [-0.05, 0) is 62.7 Å². The number of aromatic nitrogens is 3. The maximum Gasteiger partial charge on any atom is 0.229 e. The van der Waals surface area contributed by atoms with E-state index in [2.05, 4.69) is 39.1 Å². The van der Waals surface area contributed by atoms with Crippen molar-refractivity contribution in [1.29, 1.82) is 0 Å². The van der Waals surface area contributed by atoms with Crippen molar-refractivity contribution >= 4 is 0 Å². The first kappa shape index (κ1) is 15.8. The minimum atomic E-state index is 0.555. The molecule has 24 heavy (non-hydrogen) atoms. The molecule has 5 nitrogen and oxygen atoms in total. The second-order valence-corrected chi connectivity index (χ2v) is 7.26. The summed E-state index contributed by atoms with van der Waals surface area (Å²) in [6.45, 7) is 5.40. The predicted octanol–water partition coefficient (Wildman–Crippen LogP) is 3.36. The Kier molecular flexibility index (Phi) is 4.60. The fourth-order valence-electron chi connectivity index (χ4n) is 3.44. The molecule has 2 fully saturated rings. The van der Waals surface area contributed by atoms with Crippen LogP contribution in [0.3, 0.4) is 0 Å². The van der Waals surface area contributed by atoms with Gasteiger partial charge in [0.15, 0.2) is 5.82 Å². The summed E-state index contributed by atoms with van der Waals surface area (Å²) in [6, 6.07) is 4.37. The second kappa shape index (κ2) is 7.01.